The molecule has 3 rings (SSSR count). The van der Waals surface area contributed by atoms with Gasteiger partial charge in [0.25, 0.3) is 0 Å². The molecule has 0 unspecified atom stereocenters. The molecule has 0 heterocycles. The van der Waals surface area contributed by atoms with Gasteiger partial charge in [0.2, 0.25) is 15.9 Å². The lowest BCUT2D eigenvalue weighted by Gasteiger charge is -2.27. The molecule has 2 aromatic carbocycles. The SMILES string of the molecule is COc1ccc(S(=O)(=O)N(C)CC(=O)N[C@@H]2CCCc3ccccc32)cc1C. The normalized spacial score (nSPS) is 16.5. The Morgan fingerprint density at radius 3 is 2.71 bits per heavy atom. The lowest BCUT2D eigenvalue weighted by atomic mass is 9.88. The van der Waals surface area contributed by atoms with E-state index in [4.69, 9.17) is 4.74 Å². The van der Waals surface area contributed by atoms with Crippen molar-refractivity contribution >= 4 is 15.9 Å². The molecule has 0 radical (unpaired) electrons. The summed E-state index contributed by atoms with van der Waals surface area (Å²) in [5.41, 5.74) is 3.09. The molecule has 0 bridgehead atoms. The fraction of sp³-hybridized carbons (Fsp3) is 0.381. The number of sulfonamides is 1. The van der Waals surface area contributed by atoms with Crippen molar-refractivity contribution in [2.24, 2.45) is 0 Å². The summed E-state index contributed by atoms with van der Waals surface area (Å²) in [7, 11) is -0.808. The molecule has 0 spiro atoms. The van der Waals surface area contributed by atoms with E-state index in [1.807, 2.05) is 18.2 Å². The van der Waals surface area contributed by atoms with Crippen molar-refractivity contribution in [1.29, 1.82) is 0 Å². The van der Waals surface area contributed by atoms with Crippen LogP contribution in [0.2, 0.25) is 0 Å². The van der Waals surface area contributed by atoms with Crippen LogP contribution in [0.15, 0.2) is 47.4 Å². The van der Waals surface area contributed by atoms with Gasteiger partial charge in [0.05, 0.1) is 24.6 Å². The molecule has 6 nitrogen and oxygen atoms in total. The Kier molecular flexibility index (Phi) is 6.05. The lowest BCUT2D eigenvalue weighted by molar-refractivity contribution is -0.122. The van der Waals surface area contributed by atoms with Gasteiger partial charge in [0.1, 0.15) is 5.75 Å². The van der Waals surface area contributed by atoms with Gasteiger partial charge in [-0.2, -0.15) is 4.31 Å². The highest BCUT2D eigenvalue weighted by molar-refractivity contribution is 7.89. The largest absolute Gasteiger partial charge is 0.496 e. The maximum absolute atomic E-state index is 12.8. The first-order valence-electron chi connectivity index (χ1n) is 9.31. The van der Waals surface area contributed by atoms with Crippen molar-refractivity contribution in [1.82, 2.24) is 9.62 Å². The second-order valence-electron chi connectivity index (χ2n) is 7.10. The number of carbonyl (C=O) groups excluding carboxylic acids is 1. The van der Waals surface area contributed by atoms with Gasteiger partial charge in [0.15, 0.2) is 0 Å². The number of aryl methyl sites for hydroxylation is 2. The Balaban J connectivity index is 1.69. The molecule has 0 aromatic heterocycles. The van der Waals surface area contributed by atoms with E-state index < -0.39 is 10.0 Å². The third-order valence-corrected chi connectivity index (χ3v) is 6.94. The van der Waals surface area contributed by atoms with Crippen LogP contribution in [-0.2, 0) is 21.2 Å². The minimum Gasteiger partial charge on any atom is -0.496 e. The summed E-state index contributed by atoms with van der Waals surface area (Å²) in [6.45, 7) is 1.55. The van der Waals surface area contributed by atoms with Gasteiger partial charge in [-0.15, -0.1) is 0 Å². The van der Waals surface area contributed by atoms with Crippen molar-refractivity contribution in [2.45, 2.75) is 37.1 Å². The number of fused-ring (bicyclic) bond motifs is 1. The van der Waals surface area contributed by atoms with E-state index >= 15 is 0 Å². The average molecular weight is 403 g/mol. The smallest absolute Gasteiger partial charge is 0.243 e. The number of likely N-dealkylation sites (N-methyl/N-ethyl adjacent to an activating group) is 1. The standard InChI is InChI=1S/C21H26N2O4S/c1-15-13-17(11-12-20(15)27-3)28(25,26)23(2)14-21(24)22-19-10-6-8-16-7-4-5-9-18(16)19/h4-5,7,9,11-13,19H,6,8,10,14H2,1-3H3,(H,22,24)/t19-/m1/s1. The number of nitrogens with zero attached hydrogens (tertiary/aromatic N) is 1. The summed E-state index contributed by atoms with van der Waals surface area (Å²) in [4.78, 5) is 12.7. The van der Waals surface area contributed by atoms with Crippen LogP contribution in [0.3, 0.4) is 0 Å². The summed E-state index contributed by atoms with van der Waals surface area (Å²) in [5.74, 6) is 0.313. The van der Waals surface area contributed by atoms with E-state index in [1.165, 1.54) is 25.8 Å². The fourth-order valence-electron chi connectivity index (χ4n) is 3.62. The van der Waals surface area contributed by atoms with E-state index in [0.717, 1.165) is 34.7 Å². The average Bonchev–Trinajstić information content (AvgIpc) is 2.68. The zero-order chi connectivity index (χ0) is 20.3. The second-order valence-corrected chi connectivity index (χ2v) is 9.15. The van der Waals surface area contributed by atoms with Gasteiger partial charge in [0, 0.05) is 7.05 Å². The molecule has 0 aliphatic heterocycles. The number of carbonyl (C=O) groups is 1. The van der Waals surface area contributed by atoms with Gasteiger partial charge < -0.3 is 10.1 Å². The summed E-state index contributed by atoms with van der Waals surface area (Å²) in [5, 5.41) is 2.99. The second kappa shape index (κ2) is 8.32. The van der Waals surface area contributed by atoms with Crippen molar-refractivity contribution in [2.75, 3.05) is 20.7 Å². The van der Waals surface area contributed by atoms with Crippen LogP contribution < -0.4 is 10.1 Å². The van der Waals surface area contributed by atoms with E-state index in [0.29, 0.717) is 5.75 Å². The van der Waals surface area contributed by atoms with Crippen molar-refractivity contribution in [3.8, 4) is 5.75 Å². The van der Waals surface area contributed by atoms with E-state index in [2.05, 4.69) is 11.4 Å². The summed E-state index contributed by atoms with van der Waals surface area (Å²) in [6, 6.07) is 12.7. The molecule has 1 N–H and O–H groups in total. The number of methoxy groups -OCH3 is 1. The Morgan fingerprint density at radius 1 is 1.25 bits per heavy atom. The number of ether oxygens (including phenoxy) is 1. The van der Waals surface area contributed by atoms with Crippen molar-refractivity contribution in [3.63, 3.8) is 0 Å². The molecule has 0 fully saturated rings. The Labute approximate surface area is 166 Å². The number of hydrogen-bond acceptors (Lipinski definition) is 4. The molecule has 1 amide bonds. The van der Waals surface area contributed by atoms with Crippen LogP contribution in [0.5, 0.6) is 5.75 Å². The van der Waals surface area contributed by atoms with Crippen LogP contribution in [-0.4, -0.2) is 39.3 Å². The third-order valence-electron chi connectivity index (χ3n) is 5.15. The molecule has 150 valence electrons. The van der Waals surface area contributed by atoms with Crippen LogP contribution in [0, 0.1) is 6.92 Å². The predicted molar refractivity (Wildman–Crippen MR) is 108 cm³/mol. The minimum atomic E-state index is -3.77. The monoisotopic (exact) mass is 402 g/mol. The van der Waals surface area contributed by atoms with Crippen LogP contribution in [0.4, 0.5) is 0 Å². The molecule has 1 aliphatic rings. The topological polar surface area (TPSA) is 75.7 Å². The quantitative estimate of drug-likeness (QED) is 0.806. The summed E-state index contributed by atoms with van der Waals surface area (Å²) < 4.78 is 31.9. The van der Waals surface area contributed by atoms with E-state index in [-0.39, 0.29) is 23.4 Å². The van der Waals surface area contributed by atoms with Crippen LogP contribution in [0.25, 0.3) is 0 Å². The summed E-state index contributed by atoms with van der Waals surface area (Å²) >= 11 is 0. The first-order valence-corrected chi connectivity index (χ1v) is 10.7. The number of nitrogens with one attached hydrogen (secondary N) is 1. The molecule has 1 aliphatic carbocycles. The first-order chi connectivity index (χ1) is 13.3. The Morgan fingerprint density at radius 2 is 2.00 bits per heavy atom. The minimum absolute atomic E-state index is 0.0724. The van der Waals surface area contributed by atoms with E-state index in [9.17, 15) is 13.2 Å². The molecule has 2 aromatic rings. The zero-order valence-electron chi connectivity index (χ0n) is 16.4. The van der Waals surface area contributed by atoms with Crippen molar-refractivity contribution < 1.29 is 17.9 Å². The number of benzene rings is 2. The first kappa shape index (κ1) is 20.4. The maximum atomic E-state index is 12.8. The highest BCUT2D eigenvalue weighted by Crippen LogP contribution is 2.29. The molecule has 0 saturated heterocycles. The number of amides is 1. The van der Waals surface area contributed by atoms with Gasteiger partial charge in [-0.3, -0.25) is 4.79 Å². The summed E-state index contributed by atoms with van der Waals surface area (Å²) in [6.07, 6.45) is 2.87. The Hall–Kier alpha value is -2.38. The molecule has 0 saturated carbocycles. The van der Waals surface area contributed by atoms with Gasteiger partial charge in [-0.1, -0.05) is 24.3 Å². The highest BCUT2D eigenvalue weighted by Gasteiger charge is 2.26. The lowest BCUT2D eigenvalue weighted by Crippen LogP contribution is -2.40. The van der Waals surface area contributed by atoms with Crippen LogP contribution in [0.1, 0.15) is 35.6 Å². The van der Waals surface area contributed by atoms with E-state index in [1.54, 1.807) is 19.1 Å². The number of hydrogen-bond donors (Lipinski definition) is 1. The predicted octanol–water partition coefficient (Wildman–Crippen LogP) is 2.82. The van der Waals surface area contributed by atoms with Crippen LogP contribution >= 0.6 is 0 Å². The molecule has 7 heteroatoms. The molecular weight excluding hydrogens is 376 g/mol. The third kappa shape index (κ3) is 4.20. The zero-order valence-corrected chi connectivity index (χ0v) is 17.3. The van der Waals surface area contributed by atoms with Crippen molar-refractivity contribution in [3.05, 3.63) is 59.2 Å². The number of rotatable bonds is 6. The fourth-order valence-corrected chi connectivity index (χ4v) is 4.84. The Bertz CT molecular complexity index is 972. The van der Waals surface area contributed by atoms with Gasteiger partial charge >= 0.3 is 0 Å². The molecular formula is C21H26N2O4S. The molecule has 1 atom stereocenters. The van der Waals surface area contributed by atoms with Gasteiger partial charge in [-0.25, -0.2) is 8.42 Å². The van der Waals surface area contributed by atoms with Gasteiger partial charge in [-0.05, 0) is 61.1 Å². The molecule has 28 heavy (non-hydrogen) atoms. The maximum Gasteiger partial charge on any atom is 0.243 e. The highest BCUT2D eigenvalue weighted by atomic mass is 32.2.